The highest BCUT2D eigenvalue weighted by Crippen LogP contribution is 2.22. The number of halogens is 2. The fourth-order valence-corrected chi connectivity index (χ4v) is 3.31. The van der Waals surface area contributed by atoms with E-state index in [2.05, 4.69) is 31.2 Å². The van der Waals surface area contributed by atoms with Gasteiger partial charge in [-0.2, -0.15) is 0 Å². The Morgan fingerprint density at radius 2 is 1.87 bits per heavy atom. The summed E-state index contributed by atoms with van der Waals surface area (Å²) in [7, 11) is 0. The summed E-state index contributed by atoms with van der Waals surface area (Å²) in [6, 6.07) is 17.1. The SMILES string of the molecule is Cc1ccc(-c2nc3ccc(C(=O)OCC(=O)Nc4ccc(Br)cc4F)cc3[nH]2)cc1. The molecule has 1 aromatic heterocycles. The molecule has 0 saturated carbocycles. The fourth-order valence-electron chi connectivity index (χ4n) is 2.98. The quantitative estimate of drug-likeness (QED) is 0.382. The zero-order valence-electron chi connectivity index (χ0n) is 16.4. The zero-order valence-corrected chi connectivity index (χ0v) is 18.0. The van der Waals surface area contributed by atoms with Crippen molar-refractivity contribution in [3.05, 3.63) is 82.1 Å². The molecule has 6 nitrogen and oxygen atoms in total. The van der Waals surface area contributed by atoms with Gasteiger partial charge in [-0.25, -0.2) is 14.2 Å². The van der Waals surface area contributed by atoms with Gasteiger partial charge in [0.1, 0.15) is 11.6 Å². The van der Waals surface area contributed by atoms with Crippen molar-refractivity contribution in [2.45, 2.75) is 6.92 Å². The lowest BCUT2D eigenvalue weighted by Crippen LogP contribution is -2.21. The first kappa shape index (κ1) is 20.7. The molecule has 0 atom stereocenters. The van der Waals surface area contributed by atoms with Gasteiger partial charge in [0.25, 0.3) is 5.91 Å². The van der Waals surface area contributed by atoms with E-state index in [4.69, 9.17) is 4.74 Å². The zero-order chi connectivity index (χ0) is 22.0. The number of aromatic nitrogens is 2. The molecular weight excluding hydrogens is 465 g/mol. The van der Waals surface area contributed by atoms with E-state index >= 15 is 0 Å². The number of aromatic amines is 1. The predicted octanol–water partition coefficient (Wildman–Crippen LogP) is 5.24. The number of nitrogens with one attached hydrogen (secondary N) is 2. The second kappa shape index (κ2) is 8.69. The predicted molar refractivity (Wildman–Crippen MR) is 119 cm³/mol. The van der Waals surface area contributed by atoms with Crippen molar-refractivity contribution in [2.24, 2.45) is 0 Å². The average molecular weight is 482 g/mol. The summed E-state index contributed by atoms with van der Waals surface area (Å²) in [5.74, 6) is -1.21. The van der Waals surface area contributed by atoms with Crippen LogP contribution in [0.25, 0.3) is 22.4 Å². The molecule has 0 aliphatic rings. The van der Waals surface area contributed by atoms with Crippen LogP contribution in [-0.2, 0) is 9.53 Å². The van der Waals surface area contributed by atoms with E-state index in [1.54, 1.807) is 24.3 Å². The largest absolute Gasteiger partial charge is 0.452 e. The molecule has 0 spiro atoms. The maximum absolute atomic E-state index is 13.8. The number of fused-ring (bicyclic) bond motifs is 1. The number of carbonyl (C=O) groups is 2. The summed E-state index contributed by atoms with van der Waals surface area (Å²) in [4.78, 5) is 32.1. The monoisotopic (exact) mass is 481 g/mol. The number of ether oxygens (including phenoxy) is 1. The number of carbonyl (C=O) groups excluding carboxylic acids is 2. The van der Waals surface area contributed by atoms with E-state index in [-0.39, 0.29) is 11.3 Å². The van der Waals surface area contributed by atoms with E-state index in [0.29, 0.717) is 21.3 Å². The Morgan fingerprint density at radius 3 is 2.61 bits per heavy atom. The number of rotatable bonds is 5. The summed E-state index contributed by atoms with van der Waals surface area (Å²) in [5.41, 5.74) is 3.74. The molecule has 3 aromatic carbocycles. The van der Waals surface area contributed by atoms with Gasteiger partial charge in [-0.1, -0.05) is 45.8 Å². The molecule has 2 N–H and O–H groups in total. The van der Waals surface area contributed by atoms with Crippen LogP contribution in [-0.4, -0.2) is 28.5 Å². The molecule has 1 amide bonds. The molecule has 0 saturated heterocycles. The number of benzene rings is 3. The van der Waals surface area contributed by atoms with Crippen LogP contribution < -0.4 is 5.32 Å². The molecule has 0 aliphatic heterocycles. The molecule has 0 unspecified atom stereocenters. The van der Waals surface area contributed by atoms with Gasteiger partial charge in [-0.15, -0.1) is 0 Å². The first-order chi connectivity index (χ1) is 14.9. The third-order valence-corrected chi connectivity index (χ3v) is 5.08. The van der Waals surface area contributed by atoms with E-state index in [0.717, 1.165) is 11.1 Å². The summed E-state index contributed by atoms with van der Waals surface area (Å²) in [5, 5.41) is 2.37. The Balaban J connectivity index is 1.42. The van der Waals surface area contributed by atoms with Crippen molar-refractivity contribution >= 4 is 44.5 Å². The highest BCUT2D eigenvalue weighted by molar-refractivity contribution is 9.10. The Kier molecular flexibility index (Phi) is 5.81. The van der Waals surface area contributed by atoms with Crippen molar-refractivity contribution in [3.63, 3.8) is 0 Å². The van der Waals surface area contributed by atoms with Gasteiger partial charge >= 0.3 is 5.97 Å². The third kappa shape index (κ3) is 4.80. The number of imidazole rings is 1. The lowest BCUT2D eigenvalue weighted by Gasteiger charge is -2.08. The Labute approximate surface area is 185 Å². The van der Waals surface area contributed by atoms with Crippen molar-refractivity contribution < 1.29 is 18.7 Å². The van der Waals surface area contributed by atoms with Crippen molar-refractivity contribution in [3.8, 4) is 11.4 Å². The maximum atomic E-state index is 13.8. The van der Waals surface area contributed by atoms with Crippen molar-refractivity contribution in [2.75, 3.05) is 11.9 Å². The summed E-state index contributed by atoms with van der Waals surface area (Å²) >= 11 is 3.14. The lowest BCUT2D eigenvalue weighted by atomic mass is 10.1. The molecule has 31 heavy (non-hydrogen) atoms. The van der Waals surface area contributed by atoms with Crippen LogP contribution in [0.5, 0.6) is 0 Å². The van der Waals surface area contributed by atoms with Gasteiger partial charge < -0.3 is 15.0 Å². The Hall–Kier alpha value is -3.52. The minimum Gasteiger partial charge on any atom is -0.452 e. The molecule has 0 aliphatic carbocycles. The number of amides is 1. The summed E-state index contributed by atoms with van der Waals surface area (Å²) in [6.07, 6.45) is 0. The number of anilines is 1. The number of esters is 1. The van der Waals surface area contributed by atoms with Gasteiger partial charge in [0, 0.05) is 10.0 Å². The normalized spacial score (nSPS) is 10.8. The Bertz CT molecular complexity index is 1290. The molecule has 8 heteroatoms. The molecular formula is C23H17BrFN3O3. The molecule has 0 bridgehead atoms. The van der Waals surface area contributed by atoms with Crippen LogP contribution in [0.4, 0.5) is 10.1 Å². The third-order valence-electron chi connectivity index (χ3n) is 4.58. The smallest absolute Gasteiger partial charge is 0.338 e. The van der Waals surface area contributed by atoms with Crippen LogP contribution in [0.1, 0.15) is 15.9 Å². The second-order valence-corrected chi connectivity index (χ2v) is 7.85. The Morgan fingerprint density at radius 1 is 1.10 bits per heavy atom. The second-order valence-electron chi connectivity index (χ2n) is 6.93. The highest BCUT2D eigenvalue weighted by Gasteiger charge is 2.14. The number of H-pyrrole nitrogens is 1. The first-order valence-electron chi connectivity index (χ1n) is 9.38. The minimum atomic E-state index is -0.667. The molecule has 0 radical (unpaired) electrons. The number of hydrogen-bond donors (Lipinski definition) is 2. The molecule has 1 heterocycles. The standard InChI is InChI=1S/C23H17BrFN3O3/c1-13-2-4-14(5-3-13)22-27-19-8-6-15(10-20(19)28-22)23(30)31-12-21(29)26-18-9-7-16(24)11-17(18)25/h2-11H,12H2,1H3,(H,26,29)(H,27,28). The van der Waals surface area contributed by atoms with E-state index < -0.39 is 24.3 Å². The van der Waals surface area contributed by atoms with Crippen molar-refractivity contribution in [1.82, 2.24) is 9.97 Å². The maximum Gasteiger partial charge on any atom is 0.338 e. The topological polar surface area (TPSA) is 84.1 Å². The molecule has 4 aromatic rings. The highest BCUT2D eigenvalue weighted by atomic mass is 79.9. The van der Waals surface area contributed by atoms with Crippen LogP contribution >= 0.6 is 15.9 Å². The number of nitrogens with zero attached hydrogens (tertiary/aromatic N) is 1. The van der Waals surface area contributed by atoms with Crippen LogP contribution in [0.3, 0.4) is 0 Å². The van der Waals surface area contributed by atoms with E-state index in [9.17, 15) is 14.0 Å². The summed E-state index contributed by atoms with van der Waals surface area (Å²) in [6.45, 7) is 1.47. The first-order valence-corrected chi connectivity index (χ1v) is 10.2. The van der Waals surface area contributed by atoms with Crippen LogP contribution in [0.2, 0.25) is 0 Å². The molecule has 156 valence electrons. The van der Waals surface area contributed by atoms with Gasteiger partial charge in [0.2, 0.25) is 0 Å². The lowest BCUT2D eigenvalue weighted by molar-refractivity contribution is -0.119. The van der Waals surface area contributed by atoms with Gasteiger partial charge in [0.15, 0.2) is 6.61 Å². The number of aryl methyl sites for hydroxylation is 1. The molecule has 0 fully saturated rings. The van der Waals surface area contributed by atoms with Crippen molar-refractivity contribution in [1.29, 1.82) is 0 Å². The van der Waals surface area contributed by atoms with Gasteiger partial charge in [-0.3, -0.25) is 4.79 Å². The fraction of sp³-hybridized carbons (Fsp3) is 0.0870. The van der Waals surface area contributed by atoms with Gasteiger partial charge in [-0.05, 0) is 43.3 Å². The van der Waals surface area contributed by atoms with Crippen LogP contribution in [0.15, 0.2) is 65.1 Å². The summed E-state index contributed by atoms with van der Waals surface area (Å²) < 4.78 is 19.4. The van der Waals surface area contributed by atoms with E-state index in [1.165, 1.54) is 12.1 Å². The van der Waals surface area contributed by atoms with Crippen LogP contribution in [0, 0.1) is 12.7 Å². The molecule has 4 rings (SSSR count). The number of hydrogen-bond acceptors (Lipinski definition) is 4. The van der Waals surface area contributed by atoms with Gasteiger partial charge in [0.05, 0.1) is 22.3 Å². The minimum absolute atomic E-state index is 0.00626. The average Bonchev–Trinajstić information content (AvgIpc) is 3.18. The van der Waals surface area contributed by atoms with E-state index in [1.807, 2.05) is 31.2 Å².